The quantitative estimate of drug-likeness (QED) is 0.584. The highest BCUT2D eigenvalue weighted by Crippen LogP contribution is 2.25. The van der Waals surface area contributed by atoms with Gasteiger partial charge in [0.2, 0.25) is 0 Å². The zero-order valence-electron chi connectivity index (χ0n) is 7.15. The SMILES string of the molecule is OCCC#Cc1cc(F)c(Cl)c(Cl)c1. The molecular formula is C10H7Cl2FO. The van der Waals surface area contributed by atoms with E-state index in [0.29, 0.717) is 12.0 Å². The number of hydrogen-bond acceptors (Lipinski definition) is 1. The maximum absolute atomic E-state index is 13.0. The van der Waals surface area contributed by atoms with Crippen molar-refractivity contribution in [2.45, 2.75) is 6.42 Å². The molecule has 1 N–H and O–H groups in total. The van der Waals surface area contributed by atoms with E-state index in [1.54, 1.807) is 0 Å². The van der Waals surface area contributed by atoms with Gasteiger partial charge in [0.1, 0.15) is 5.82 Å². The van der Waals surface area contributed by atoms with Crippen molar-refractivity contribution < 1.29 is 9.50 Å². The van der Waals surface area contributed by atoms with Crippen molar-refractivity contribution in [3.63, 3.8) is 0 Å². The van der Waals surface area contributed by atoms with Crippen molar-refractivity contribution >= 4 is 23.2 Å². The first-order valence-corrected chi connectivity index (χ1v) is 4.65. The van der Waals surface area contributed by atoms with E-state index in [4.69, 9.17) is 28.3 Å². The number of aliphatic hydroxyl groups excluding tert-OH is 1. The van der Waals surface area contributed by atoms with E-state index >= 15 is 0 Å². The lowest BCUT2D eigenvalue weighted by Gasteiger charge is -1.98. The Labute approximate surface area is 91.5 Å². The fourth-order valence-corrected chi connectivity index (χ4v) is 1.17. The zero-order chi connectivity index (χ0) is 10.6. The minimum Gasteiger partial charge on any atom is -0.395 e. The molecule has 0 aliphatic heterocycles. The lowest BCUT2D eigenvalue weighted by atomic mass is 10.2. The summed E-state index contributed by atoms with van der Waals surface area (Å²) < 4.78 is 13.0. The van der Waals surface area contributed by atoms with E-state index in [2.05, 4.69) is 11.8 Å². The van der Waals surface area contributed by atoms with Gasteiger partial charge in [-0.05, 0) is 12.1 Å². The maximum Gasteiger partial charge on any atom is 0.144 e. The molecule has 0 atom stereocenters. The van der Waals surface area contributed by atoms with Crippen LogP contribution in [0.25, 0.3) is 0 Å². The van der Waals surface area contributed by atoms with Crippen molar-refractivity contribution in [2.75, 3.05) is 6.61 Å². The Morgan fingerprint density at radius 2 is 2.07 bits per heavy atom. The van der Waals surface area contributed by atoms with E-state index in [-0.39, 0.29) is 16.7 Å². The highest BCUT2D eigenvalue weighted by atomic mass is 35.5. The molecule has 1 nitrogen and oxygen atoms in total. The Bertz CT molecular complexity index is 370. The highest BCUT2D eigenvalue weighted by Gasteiger charge is 2.05. The van der Waals surface area contributed by atoms with Crippen LogP contribution >= 0.6 is 23.2 Å². The summed E-state index contributed by atoms with van der Waals surface area (Å²) in [5.41, 5.74) is 0.449. The van der Waals surface area contributed by atoms with Gasteiger partial charge in [0.05, 0.1) is 16.7 Å². The molecule has 0 aliphatic rings. The molecule has 1 aromatic rings. The van der Waals surface area contributed by atoms with E-state index in [1.165, 1.54) is 12.1 Å². The topological polar surface area (TPSA) is 20.2 Å². The smallest absolute Gasteiger partial charge is 0.144 e. The van der Waals surface area contributed by atoms with Gasteiger partial charge >= 0.3 is 0 Å². The normalized spacial score (nSPS) is 9.43. The molecule has 0 unspecified atom stereocenters. The fraction of sp³-hybridized carbons (Fsp3) is 0.200. The fourth-order valence-electron chi connectivity index (χ4n) is 0.848. The molecule has 74 valence electrons. The maximum atomic E-state index is 13.0. The molecule has 0 aromatic heterocycles. The Kier molecular flexibility index (Phi) is 4.21. The Hall–Kier alpha value is -0.750. The molecule has 0 fully saturated rings. The van der Waals surface area contributed by atoms with Gasteiger partial charge in [0.15, 0.2) is 0 Å². The number of halogens is 3. The van der Waals surface area contributed by atoms with Crippen LogP contribution in [0.15, 0.2) is 12.1 Å². The molecule has 0 spiro atoms. The van der Waals surface area contributed by atoms with E-state index in [0.717, 1.165) is 0 Å². The molecule has 14 heavy (non-hydrogen) atoms. The minimum atomic E-state index is -0.590. The van der Waals surface area contributed by atoms with Crippen molar-refractivity contribution in [3.8, 4) is 11.8 Å². The molecule has 0 radical (unpaired) electrons. The summed E-state index contributed by atoms with van der Waals surface area (Å²) >= 11 is 11.2. The molecule has 0 bridgehead atoms. The third kappa shape index (κ3) is 2.88. The molecule has 0 aliphatic carbocycles. The van der Waals surface area contributed by atoms with Crippen LogP contribution in [0.2, 0.25) is 10.0 Å². The molecule has 0 heterocycles. The largest absolute Gasteiger partial charge is 0.395 e. The van der Waals surface area contributed by atoms with Gasteiger partial charge in [-0.2, -0.15) is 0 Å². The summed E-state index contributed by atoms with van der Waals surface area (Å²) in [6.45, 7) is -0.0171. The Balaban J connectivity index is 2.97. The lowest BCUT2D eigenvalue weighted by Crippen LogP contribution is -1.83. The van der Waals surface area contributed by atoms with Gasteiger partial charge in [-0.3, -0.25) is 0 Å². The second-order valence-corrected chi connectivity index (χ2v) is 3.31. The second kappa shape index (κ2) is 5.21. The first-order chi connectivity index (χ1) is 6.65. The zero-order valence-corrected chi connectivity index (χ0v) is 8.66. The van der Waals surface area contributed by atoms with Crippen molar-refractivity contribution in [2.24, 2.45) is 0 Å². The summed E-state index contributed by atoms with van der Waals surface area (Å²) in [6.07, 6.45) is 0.349. The Morgan fingerprint density at radius 1 is 1.36 bits per heavy atom. The molecule has 1 rings (SSSR count). The lowest BCUT2D eigenvalue weighted by molar-refractivity contribution is 0.305. The molecule has 4 heteroatoms. The molecular weight excluding hydrogens is 226 g/mol. The van der Waals surface area contributed by atoms with Crippen molar-refractivity contribution in [3.05, 3.63) is 33.6 Å². The number of benzene rings is 1. The summed E-state index contributed by atoms with van der Waals surface area (Å²) in [5, 5.41) is 8.51. The second-order valence-electron chi connectivity index (χ2n) is 2.53. The first kappa shape index (κ1) is 11.3. The molecule has 0 saturated heterocycles. The van der Waals surface area contributed by atoms with Crippen LogP contribution in [0.5, 0.6) is 0 Å². The summed E-state index contributed by atoms with van der Waals surface area (Å²) in [5.74, 6) is 4.73. The van der Waals surface area contributed by atoms with Gasteiger partial charge in [-0.15, -0.1) is 0 Å². The monoisotopic (exact) mass is 232 g/mol. The van der Waals surface area contributed by atoms with Crippen molar-refractivity contribution in [1.82, 2.24) is 0 Å². The number of aliphatic hydroxyl groups is 1. The predicted octanol–water partition coefficient (Wildman–Crippen LogP) is 2.87. The highest BCUT2D eigenvalue weighted by molar-refractivity contribution is 6.42. The summed E-state index contributed by atoms with van der Waals surface area (Å²) in [4.78, 5) is 0. The van der Waals surface area contributed by atoms with Crippen LogP contribution in [0.4, 0.5) is 4.39 Å². The van der Waals surface area contributed by atoms with Crippen LogP contribution < -0.4 is 0 Å². The van der Waals surface area contributed by atoms with Gasteiger partial charge in [0, 0.05) is 12.0 Å². The average Bonchev–Trinajstić information content (AvgIpc) is 2.14. The van der Waals surface area contributed by atoms with E-state index in [1.807, 2.05) is 0 Å². The van der Waals surface area contributed by atoms with Gasteiger partial charge < -0.3 is 5.11 Å². The molecule has 0 saturated carbocycles. The van der Waals surface area contributed by atoms with E-state index in [9.17, 15) is 4.39 Å². The summed E-state index contributed by atoms with van der Waals surface area (Å²) in [7, 11) is 0. The Morgan fingerprint density at radius 3 is 2.64 bits per heavy atom. The predicted molar refractivity (Wildman–Crippen MR) is 55.0 cm³/mol. The average molecular weight is 233 g/mol. The van der Waals surface area contributed by atoms with Crippen LogP contribution in [0.1, 0.15) is 12.0 Å². The van der Waals surface area contributed by atoms with Crippen molar-refractivity contribution in [1.29, 1.82) is 0 Å². The number of rotatable bonds is 1. The van der Waals surface area contributed by atoms with E-state index < -0.39 is 5.82 Å². The first-order valence-electron chi connectivity index (χ1n) is 3.89. The number of hydrogen-bond donors (Lipinski definition) is 1. The molecule has 0 amide bonds. The van der Waals surface area contributed by atoms with Crippen LogP contribution in [-0.2, 0) is 0 Å². The van der Waals surface area contributed by atoms with Gasteiger partial charge in [-0.1, -0.05) is 35.0 Å². The van der Waals surface area contributed by atoms with Gasteiger partial charge in [0.25, 0.3) is 0 Å². The third-order valence-electron chi connectivity index (χ3n) is 1.45. The summed E-state index contributed by atoms with van der Waals surface area (Å²) in [6, 6.07) is 2.69. The van der Waals surface area contributed by atoms with Crippen LogP contribution in [-0.4, -0.2) is 11.7 Å². The molecule has 1 aromatic carbocycles. The minimum absolute atomic E-state index is 0.0171. The standard InChI is InChI=1S/C10H7Cl2FO/c11-8-5-7(3-1-2-4-14)6-9(13)10(8)12/h5-6,14H,2,4H2. The van der Waals surface area contributed by atoms with Crippen LogP contribution in [0.3, 0.4) is 0 Å². The van der Waals surface area contributed by atoms with Crippen LogP contribution in [0, 0.1) is 17.7 Å². The van der Waals surface area contributed by atoms with Gasteiger partial charge in [-0.25, -0.2) is 4.39 Å². The third-order valence-corrected chi connectivity index (χ3v) is 2.23.